The van der Waals surface area contributed by atoms with Crippen LogP contribution in [-0.4, -0.2) is 40.1 Å². The molecule has 94 valence electrons. The first-order valence-electron chi connectivity index (χ1n) is 4.63. The summed E-state index contributed by atoms with van der Waals surface area (Å²) in [7, 11) is -4.23. The van der Waals surface area contributed by atoms with E-state index >= 15 is 0 Å². The molecule has 2 heterocycles. The molecule has 0 aromatic carbocycles. The zero-order valence-electron chi connectivity index (χ0n) is 8.87. The fourth-order valence-electron chi connectivity index (χ4n) is 1.04. The lowest BCUT2D eigenvalue weighted by Gasteiger charge is -2.01. The lowest BCUT2D eigenvalue weighted by atomic mass is 10.5. The van der Waals surface area contributed by atoms with Crippen LogP contribution >= 0.6 is 7.60 Å². The number of nitrogens with zero attached hydrogens (tertiary/aromatic N) is 6. The van der Waals surface area contributed by atoms with Gasteiger partial charge in [0, 0.05) is 0 Å². The molecule has 0 bridgehead atoms. The second kappa shape index (κ2) is 4.69. The van der Waals surface area contributed by atoms with Gasteiger partial charge in [-0.1, -0.05) is 0 Å². The molecular formula is C7H8N7O3P. The monoisotopic (exact) mass is 269 g/mol. The van der Waals surface area contributed by atoms with Gasteiger partial charge < -0.3 is 15.5 Å². The average Bonchev–Trinajstić information content (AvgIpc) is 2.29. The van der Waals surface area contributed by atoms with Crippen molar-refractivity contribution in [3.63, 3.8) is 0 Å². The summed E-state index contributed by atoms with van der Waals surface area (Å²) < 4.78 is 10.7. The average molecular weight is 269 g/mol. The molecule has 2 rings (SSSR count). The van der Waals surface area contributed by atoms with E-state index in [0.29, 0.717) is 5.69 Å². The van der Waals surface area contributed by atoms with Crippen molar-refractivity contribution in [2.45, 2.75) is 6.16 Å². The molecule has 0 aliphatic heterocycles. The van der Waals surface area contributed by atoms with Crippen molar-refractivity contribution in [3.05, 3.63) is 18.2 Å². The summed E-state index contributed by atoms with van der Waals surface area (Å²) in [5, 5.41) is 14.3. The van der Waals surface area contributed by atoms with Crippen molar-refractivity contribution >= 4 is 13.3 Å². The lowest BCUT2D eigenvalue weighted by molar-refractivity contribution is 0.370. The molecule has 0 unspecified atom stereocenters. The Kier molecular flexibility index (Phi) is 3.24. The summed E-state index contributed by atoms with van der Waals surface area (Å²) in [6.45, 7) is 0. The zero-order chi connectivity index (χ0) is 13.2. The van der Waals surface area contributed by atoms with E-state index in [9.17, 15) is 4.57 Å². The number of hydrogen-bond donors (Lipinski definition) is 3. The van der Waals surface area contributed by atoms with Gasteiger partial charge >= 0.3 is 7.60 Å². The minimum Gasteiger partial charge on any atom is -0.396 e. The van der Waals surface area contributed by atoms with Gasteiger partial charge in [-0.2, -0.15) is 0 Å². The maximum absolute atomic E-state index is 10.7. The van der Waals surface area contributed by atoms with Gasteiger partial charge in [-0.05, 0) is 0 Å². The Morgan fingerprint density at radius 3 is 2.11 bits per heavy atom. The highest BCUT2D eigenvalue weighted by Crippen LogP contribution is 2.37. The second-order valence-corrected chi connectivity index (χ2v) is 4.95. The van der Waals surface area contributed by atoms with E-state index in [-0.39, 0.29) is 17.5 Å². The van der Waals surface area contributed by atoms with Gasteiger partial charge in [-0.25, -0.2) is 9.97 Å². The molecule has 0 amide bonds. The third-order valence-corrected chi connectivity index (χ3v) is 2.43. The third kappa shape index (κ3) is 3.23. The van der Waals surface area contributed by atoms with E-state index in [1.54, 1.807) is 0 Å². The van der Waals surface area contributed by atoms with E-state index in [1.807, 2.05) is 0 Å². The van der Waals surface area contributed by atoms with Crippen LogP contribution in [0.15, 0.2) is 12.4 Å². The molecule has 0 spiro atoms. The Hall–Kier alpha value is -2.03. The standard InChI is InChI=1S/C7H8N7O3P/c8-4-1-9-6(10-2-4)7-13-11-5(12-14-7)3-18(15,16)17/h1-2H,3,8H2,(H2,15,16,17). The molecule has 4 N–H and O–H groups in total. The Morgan fingerprint density at radius 2 is 1.61 bits per heavy atom. The van der Waals surface area contributed by atoms with Crippen LogP contribution in [0.1, 0.15) is 5.82 Å². The van der Waals surface area contributed by atoms with Gasteiger partial charge in [-0.3, -0.25) is 4.57 Å². The first-order valence-corrected chi connectivity index (χ1v) is 6.42. The third-order valence-electron chi connectivity index (χ3n) is 1.74. The number of aromatic nitrogens is 6. The highest BCUT2D eigenvalue weighted by atomic mass is 31.2. The summed E-state index contributed by atoms with van der Waals surface area (Å²) >= 11 is 0. The van der Waals surface area contributed by atoms with Gasteiger partial charge in [0.1, 0.15) is 6.16 Å². The van der Waals surface area contributed by atoms with Crippen LogP contribution < -0.4 is 5.73 Å². The number of nitrogen functional groups attached to an aromatic ring is 1. The van der Waals surface area contributed by atoms with Gasteiger partial charge in [0.25, 0.3) is 0 Å². The number of hydrogen-bond acceptors (Lipinski definition) is 8. The van der Waals surface area contributed by atoms with Crippen LogP contribution in [0.5, 0.6) is 0 Å². The molecule has 0 fully saturated rings. The van der Waals surface area contributed by atoms with Crippen molar-refractivity contribution in [2.24, 2.45) is 0 Å². The normalized spacial score (nSPS) is 11.4. The summed E-state index contributed by atoms with van der Waals surface area (Å²) in [4.78, 5) is 25.2. The Labute approximate surface area is 100 Å². The van der Waals surface area contributed by atoms with Crippen molar-refractivity contribution in [1.29, 1.82) is 0 Å². The summed E-state index contributed by atoms with van der Waals surface area (Å²) in [6.07, 6.45) is 2.13. The van der Waals surface area contributed by atoms with Crippen molar-refractivity contribution in [1.82, 2.24) is 30.4 Å². The van der Waals surface area contributed by atoms with Crippen LogP contribution in [-0.2, 0) is 10.7 Å². The van der Waals surface area contributed by atoms with Crippen LogP contribution in [0.25, 0.3) is 11.6 Å². The Balaban J connectivity index is 2.22. The molecule has 2 aromatic rings. The lowest BCUT2D eigenvalue weighted by Crippen LogP contribution is -2.05. The largest absolute Gasteiger partial charge is 0.396 e. The Morgan fingerprint density at radius 1 is 1.06 bits per heavy atom. The van der Waals surface area contributed by atoms with Crippen molar-refractivity contribution in [3.8, 4) is 11.6 Å². The van der Waals surface area contributed by atoms with Crippen LogP contribution in [0, 0.1) is 0 Å². The van der Waals surface area contributed by atoms with Gasteiger partial charge in [0.15, 0.2) is 5.82 Å². The van der Waals surface area contributed by atoms with E-state index < -0.39 is 13.8 Å². The molecule has 10 nitrogen and oxygen atoms in total. The van der Waals surface area contributed by atoms with Crippen molar-refractivity contribution < 1.29 is 14.4 Å². The maximum Gasteiger partial charge on any atom is 0.333 e. The molecule has 2 aromatic heterocycles. The summed E-state index contributed by atoms with van der Waals surface area (Å²) in [5.74, 6) is 0.0684. The topological polar surface area (TPSA) is 161 Å². The van der Waals surface area contributed by atoms with Crippen LogP contribution in [0.3, 0.4) is 0 Å². The maximum atomic E-state index is 10.7. The van der Waals surface area contributed by atoms with Crippen LogP contribution in [0.4, 0.5) is 5.69 Å². The molecule has 0 saturated carbocycles. The molecule has 0 saturated heterocycles. The quantitative estimate of drug-likeness (QED) is 0.588. The smallest absolute Gasteiger partial charge is 0.333 e. The molecule has 18 heavy (non-hydrogen) atoms. The molecule has 11 heteroatoms. The van der Waals surface area contributed by atoms with Crippen LogP contribution in [0.2, 0.25) is 0 Å². The number of nitrogens with two attached hydrogens (primary N) is 1. The fourth-order valence-corrected chi connectivity index (χ4v) is 1.54. The van der Waals surface area contributed by atoms with E-state index in [1.165, 1.54) is 12.4 Å². The van der Waals surface area contributed by atoms with E-state index in [2.05, 4.69) is 30.4 Å². The van der Waals surface area contributed by atoms with Crippen molar-refractivity contribution in [2.75, 3.05) is 5.73 Å². The number of rotatable bonds is 3. The SMILES string of the molecule is Nc1cnc(-c2nnc(CP(=O)(O)O)nn2)nc1. The van der Waals surface area contributed by atoms with E-state index in [4.69, 9.17) is 15.5 Å². The number of anilines is 1. The molecule has 0 atom stereocenters. The van der Waals surface area contributed by atoms with Gasteiger partial charge in [0.2, 0.25) is 11.6 Å². The molecular weight excluding hydrogens is 261 g/mol. The summed E-state index contributed by atoms with van der Waals surface area (Å²) in [6, 6.07) is 0. The highest BCUT2D eigenvalue weighted by molar-refractivity contribution is 7.50. The first-order chi connectivity index (χ1) is 8.44. The fraction of sp³-hybridized carbons (Fsp3) is 0.143. The first kappa shape index (κ1) is 12.4. The predicted octanol–water partition coefficient (Wildman–Crippen LogP) is -1.02. The van der Waals surface area contributed by atoms with Gasteiger partial charge in [-0.15, -0.1) is 20.4 Å². The molecule has 0 radical (unpaired) electrons. The van der Waals surface area contributed by atoms with Gasteiger partial charge in [0.05, 0.1) is 18.1 Å². The highest BCUT2D eigenvalue weighted by Gasteiger charge is 2.17. The zero-order valence-corrected chi connectivity index (χ0v) is 9.77. The van der Waals surface area contributed by atoms with E-state index in [0.717, 1.165) is 0 Å². The molecule has 0 aliphatic carbocycles. The predicted molar refractivity (Wildman–Crippen MR) is 58.8 cm³/mol. The Bertz CT molecular complexity index is 581. The minimum absolute atomic E-state index is 0.0458. The summed E-state index contributed by atoms with van der Waals surface area (Å²) in [5.41, 5.74) is 5.80. The second-order valence-electron chi connectivity index (χ2n) is 3.30. The minimum atomic E-state index is -4.23. The molecule has 0 aliphatic rings.